The molecule has 8 heteroatoms. The summed E-state index contributed by atoms with van der Waals surface area (Å²) >= 11 is 0. The third-order valence-corrected chi connectivity index (χ3v) is 5.33. The zero-order valence-electron chi connectivity index (χ0n) is 15.1. The summed E-state index contributed by atoms with van der Waals surface area (Å²) in [5.41, 5.74) is -0.465. The molecule has 1 aliphatic heterocycles. The average Bonchev–Trinajstić information content (AvgIpc) is 3.15. The Kier molecular flexibility index (Phi) is 6.26. The van der Waals surface area contributed by atoms with Gasteiger partial charge in [0.1, 0.15) is 0 Å². The van der Waals surface area contributed by atoms with Crippen LogP contribution in [0.1, 0.15) is 36.8 Å². The molecule has 2 amide bonds. The fraction of sp³-hybridized carbons (Fsp3) is 0.632. The molecule has 0 aromatic heterocycles. The number of benzene rings is 1. The first-order chi connectivity index (χ1) is 12.9. The van der Waals surface area contributed by atoms with Gasteiger partial charge in [-0.2, -0.15) is 13.2 Å². The third-order valence-electron chi connectivity index (χ3n) is 5.33. The van der Waals surface area contributed by atoms with E-state index in [0.29, 0.717) is 38.5 Å². The number of hydrogen-bond donors (Lipinski definition) is 2. The lowest BCUT2D eigenvalue weighted by molar-refractivity contribution is -0.137. The lowest BCUT2D eigenvalue weighted by Crippen LogP contribution is -2.47. The quantitative estimate of drug-likeness (QED) is 0.817. The first-order valence-electron chi connectivity index (χ1n) is 9.28. The SMILES string of the molecule is O=C(NC[C@@H]1COCCO1)NCC1(c2cccc(C(F)(F)F)c2)CCCC1. The molecule has 27 heavy (non-hydrogen) atoms. The van der Waals surface area contributed by atoms with Gasteiger partial charge in [-0.25, -0.2) is 4.79 Å². The molecule has 2 aliphatic rings. The molecule has 1 aliphatic carbocycles. The second-order valence-electron chi connectivity index (χ2n) is 7.20. The number of halogens is 3. The molecule has 3 rings (SSSR count). The highest BCUT2D eigenvalue weighted by atomic mass is 19.4. The molecule has 0 unspecified atom stereocenters. The van der Waals surface area contributed by atoms with Crippen LogP contribution < -0.4 is 10.6 Å². The predicted molar refractivity (Wildman–Crippen MR) is 93.6 cm³/mol. The Bertz CT molecular complexity index is 639. The molecule has 1 aromatic rings. The molecular weight excluding hydrogens is 361 g/mol. The fourth-order valence-electron chi connectivity index (χ4n) is 3.82. The summed E-state index contributed by atoms with van der Waals surface area (Å²) in [5.74, 6) is 0. The smallest absolute Gasteiger partial charge is 0.376 e. The maximum atomic E-state index is 13.1. The normalized spacial score (nSPS) is 22.4. The van der Waals surface area contributed by atoms with Gasteiger partial charge in [-0.05, 0) is 24.5 Å². The second-order valence-corrected chi connectivity index (χ2v) is 7.20. The molecule has 0 radical (unpaired) electrons. The van der Waals surface area contributed by atoms with E-state index in [4.69, 9.17) is 9.47 Å². The average molecular weight is 386 g/mol. The molecule has 1 aromatic carbocycles. The number of ether oxygens (including phenoxy) is 2. The van der Waals surface area contributed by atoms with Crippen molar-refractivity contribution in [3.05, 3.63) is 35.4 Å². The summed E-state index contributed by atoms with van der Waals surface area (Å²) in [7, 11) is 0. The van der Waals surface area contributed by atoms with Gasteiger partial charge in [0, 0.05) is 18.5 Å². The van der Waals surface area contributed by atoms with E-state index in [9.17, 15) is 18.0 Å². The highest BCUT2D eigenvalue weighted by Gasteiger charge is 2.38. The molecule has 5 nitrogen and oxygen atoms in total. The van der Waals surface area contributed by atoms with Gasteiger partial charge >= 0.3 is 12.2 Å². The van der Waals surface area contributed by atoms with Crippen LogP contribution in [0.3, 0.4) is 0 Å². The Morgan fingerprint density at radius 2 is 1.96 bits per heavy atom. The molecule has 1 saturated carbocycles. The molecular formula is C19H25F3N2O3. The van der Waals surface area contributed by atoms with Crippen molar-refractivity contribution in [1.82, 2.24) is 10.6 Å². The van der Waals surface area contributed by atoms with E-state index >= 15 is 0 Å². The minimum absolute atomic E-state index is 0.173. The van der Waals surface area contributed by atoms with E-state index in [2.05, 4.69) is 10.6 Å². The van der Waals surface area contributed by atoms with E-state index in [0.717, 1.165) is 31.7 Å². The standard InChI is InChI=1S/C19H25F3N2O3/c20-19(21,22)15-5-3-4-14(10-15)18(6-1-2-7-18)13-24-17(25)23-11-16-12-26-8-9-27-16/h3-5,10,16H,1-2,6-9,11-13H2,(H2,23,24,25)/t16-/m1/s1. The highest BCUT2D eigenvalue weighted by molar-refractivity contribution is 5.74. The van der Waals surface area contributed by atoms with Gasteiger partial charge in [0.05, 0.1) is 31.5 Å². The highest BCUT2D eigenvalue weighted by Crippen LogP contribution is 2.42. The van der Waals surface area contributed by atoms with Gasteiger partial charge in [-0.15, -0.1) is 0 Å². The number of rotatable bonds is 5. The molecule has 1 heterocycles. The Hall–Kier alpha value is -1.80. The number of urea groups is 1. The zero-order valence-corrected chi connectivity index (χ0v) is 15.1. The molecule has 1 saturated heterocycles. The van der Waals surface area contributed by atoms with Crippen LogP contribution >= 0.6 is 0 Å². The third kappa shape index (κ3) is 5.13. The molecule has 0 spiro atoms. The molecule has 2 fully saturated rings. The summed E-state index contributed by atoms with van der Waals surface area (Å²) in [6.07, 6.45) is -1.15. The lowest BCUT2D eigenvalue weighted by Gasteiger charge is -2.31. The van der Waals surface area contributed by atoms with Crippen LogP contribution in [0.4, 0.5) is 18.0 Å². The van der Waals surface area contributed by atoms with Crippen LogP contribution in [0, 0.1) is 0 Å². The monoisotopic (exact) mass is 386 g/mol. The minimum atomic E-state index is -4.37. The summed E-state index contributed by atoms with van der Waals surface area (Å²) in [4.78, 5) is 12.1. The Balaban J connectivity index is 1.61. The van der Waals surface area contributed by atoms with Crippen LogP contribution in [0.15, 0.2) is 24.3 Å². The first kappa shape index (κ1) is 19.9. The number of nitrogens with one attached hydrogen (secondary N) is 2. The Morgan fingerprint density at radius 3 is 2.63 bits per heavy atom. The van der Waals surface area contributed by atoms with E-state index in [1.807, 2.05) is 0 Å². The van der Waals surface area contributed by atoms with Gasteiger partial charge in [-0.1, -0.05) is 31.0 Å². The van der Waals surface area contributed by atoms with Crippen LogP contribution in [-0.4, -0.2) is 45.0 Å². The largest absolute Gasteiger partial charge is 0.416 e. The summed E-state index contributed by atoms with van der Waals surface area (Å²) in [5, 5.41) is 5.58. The maximum Gasteiger partial charge on any atom is 0.416 e. The van der Waals surface area contributed by atoms with Gasteiger partial charge in [-0.3, -0.25) is 0 Å². The summed E-state index contributed by atoms with van der Waals surface area (Å²) in [6, 6.07) is 5.13. The van der Waals surface area contributed by atoms with Crippen molar-refractivity contribution >= 4 is 6.03 Å². The van der Waals surface area contributed by atoms with Crippen LogP contribution in [0.2, 0.25) is 0 Å². The number of hydrogen-bond acceptors (Lipinski definition) is 3. The van der Waals surface area contributed by atoms with E-state index in [-0.39, 0.29) is 12.1 Å². The maximum absolute atomic E-state index is 13.1. The summed E-state index contributed by atoms with van der Waals surface area (Å²) in [6.45, 7) is 2.15. The number of carbonyl (C=O) groups excluding carboxylic acids is 1. The fourth-order valence-corrected chi connectivity index (χ4v) is 3.82. The topological polar surface area (TPSA) is 59.6 Å². The van der Waals surface area contributed by atoms with Gasteiger partial charge in [0.15, 0.2) is 0 Å². The van der Waals surface area contributed by atoms with Crippen LogP contribution in [0.5, 0.6) is 0 Å². The molecule has 2 N–H and O–H groups in total. The minimum Gasteiger partial charge on any atom is -0.376 e. The number of carbonyl (C=O) groups is 1. The first-order valence-corrected chi connectivity index (χ1v) is 9.28. The van der Waals surface area contributed by atoms with Crippen molar-refractivity contribution in [2.75, 3.05) is 32.9 Å². The lowest BCUT2D eigenvalue weighted by atomic mass is 9.78. The van der Waals surface area contributed by atoms with E-state index in [1.165, 1.54) is 12.1 Å². The molecule has 0 bridgehead atoms. The van der Waals surface area contributed by atoms with Crippen LogP contribution in [0.25, 0.3) is 0 Å². The van der Waals surface area contributed by atoms with Crippen molar-refractivity contribution in [1.29, 1.82) is 0 Å². The van der Waals surface area contributed by atoms with Crippen LogP contribution in [-0.2, 0) is 21.1 Å². The second kappa shape index (κ2) is 8.48. The molecule has 150 valence electrons. The van der Waals surface area contributed by atoms with Crippen molar-refractivity contribution in [2.45, 2.75) is 43.4 Å². The van der Waals surface area contributed by atoms with E-state index < -0.39 is 17.2 Å². The van der Waals surface area contributed by atoms with Gasteiger partial charge < -0.3 is 20.1 Å². The zero-order chi connectivity index (χ0) is 19.3. The van der Waals surface area contributed by atoms with Gasteiger partial charge in [0.25, 0.3) is 0 Å². The summed E-state index contributed by atoms with van der Waals surface area (Å²) < 4.78 is 50.0. The predicted octanol–water partition coefficient (Wildman–Crippen LogP) is 3.23. The van der Waals surface area contributed by atoms with E-state index in [1.54, 1.807) is 6.07 Å². The Morgan fingerprint density at radius 1 is 1.19 bits per heavy atom. The van der Waals surface area contributed by atoms with Crippen molar-refractivity contribution in [3.63, 3.8) is 0 Å². The Labute approximate surface area is 156 Å². The van der Waals surface area contributed by atoms with Crippen molar-refractivity contribution in [3.8, 4) is 0 Å². The molecule has 1 atom stereocenters. The van der Waals surface area contributed by atoms with Crippen molar-refractivity contribution < 1.29 is 27.4 Å². The number of alkyl halides is 3. The number of amides is 2. The van der Waals surface area contributed by atoms with Gasteiger partial charge in [0.2, 0.25) is 0 Å². The van der Waals surface area contributed by atoms with Crippen molar-refractivity contribution in [2.24, 2.45) is 0 Å².